The maximum atomic E-state index is 13.2. The van der Waals surface area contributed by atoms with Crippen molar-refractivity contribution >= 4 is 51.9 Å². The Labute approximate surface area is 195 Å². The summed E-state index contributed by atoms with van der Waals surface area (Å²) in [6, 6.07) is 9.65. The number of amides is 1. The highest BCUT2D eigenvalue weighted by Gasteiger charge is 2.53. The summed E-state index contributed by atoms with van der Waals surface area (Å²) in [7, 11) is 0. The number of benzene rings is 1. The van der Waals surface area contributed by atoms with Gasteiger partial charge in [0, 0.05) is 6.20 Å². The molecule has 1 aromatic carbocycles. The van der Waals surface area contributed by atoms with Crippen molar-refractivity contribution in [1.82, 2.24) is 19.8 Å². The first kappa shape index (κ1) is 20.8. The molecule has 2 aromatic rings. The van der Waals surface area contributed by atoms with E-state index in [-0.39, 0.29) is 18.2 Å². The average molecular weight is 542 g/mol. The lowest BCUT2D eigenvalue weighted by atomic mass is 10.1. The van der Waals surface area contributed by atoms with Gasteiger partial charge in [0.25, 0.3) is 5.91 Å². The van der Waals surface area contributed by atoms with Gasteiger partial charge >= 0.3 is 6.72 Å². The minimum Gasteiger partial charge on any atom is -0.386 e. The molecule has 6 atom stereocenters. The molecular formula is C18H17BrN5O6PS. The van der Waals surface area contributed by atoms with Gasteiger partial charge in [-0.15, -0.1) is 0 Å². The fourth-order valence-corrected chi connectivity index (χ4v) is 6.25. The van der Waals surface area contributed by atoms with Gasteiger partial charge in [0.2, 0.25) is 0 Å². The quantitative estimate of drug-likeness (QED) is 0.412. The van der Waals surface area contributed by atoms with Crippen molar-refractivity contribution in [3.8, 4) is 0 Å². The van der Waals surface area contributed by atoms with Crippen molar-refractivity contribution in [1.29, 1.82) is 0 Å². The molecule has 168 valence electrons. The van der Waals surface area contributed by atoms with Crippen LogP contribution in [0.4, 0.5) is 5.82 Å². The highest BCUT2D eigenvalue weighted by molar-refractivity contribution is 9.10. The fraction of sp³-hybridized carbons (Fsp3) is 0.333. The van der Waals surface area contributed by atoms with E-state index >= 15 is 0 Å². The average Bonchev–Trinajstić information content (AvgIpc) is 3.43. The first-order chi connectivity index (χ1) is 15.3. The van der Waals surface area contributed by atoms with Gasteiger partial charge in [-0.25, -0.2) is 4.98 Å². The van der Waals surface area contributed by atoms with E-state index in [0.29, 0.717) is 10.6 Å². The van der Waals surface area contributed by atoms with Gasteiger partial charge in [-0.2, -0.15) is 0 Å². The number of hydrogen-bond acceptors (Lipinski definition) is 9. The van der Waals surface area contributed by atoms with Crippen molar-refractivity contribution in [2.45, 2.75) is 30.8 Å². The topological polar surface area (TPSA) is 130 Å². The van der Waals surface area contributed by atoms with Crippen LogP contribution in [0.5, 0.6) is 0 Å². The van der Waals surface area contributed by atoms with E-state index in [0.717, 1.165) is 11.3 Å². The number of anilines is 1. The van der Waals surface area contributed by atoms with Crippen LogP contribution < -0.4 is 10.6 Å². The highest BCUT2D eigenvalue weighted by Crippen LogP contribution is 2.53. The Morgan fingerprint density at radius 1 is 1.28 bits per heavy atom. The first-order valence-corrected chi connectivity index (χ1v) is 13.1. The third kappa shape index (κ3) is 3.16. The lowest BCUT2D eigenvalue weighted by molar-refractivity contribution is -0.0606. The molecule has 14 heteroatoms. The second kappa shape index (κ2) is 7.34. The van der Waals surface area contributed by atoms with E-state index in [1.54, 1.807) is 10.8 Å². The predicted molar refractivity (Wildman–Crippen MR) is 118 cm³/mol. The molecule has 4 aliphatic heterocycles. The van der Waals surface area contributed by atoms with Gasteiger partial charge in [-0.05, 0) is 33.3 Å². The van der Waals surface area contributed by atoms with Crippen LogP contribution in [0, 0.1) is 0 Å². The molecule has 11 nitrogen and oxygen atoms in total. The van der Waals surface area contributed by atoms with Gasteiger partial charge in [0.15, 0.2) is 22.9 Å². The molecule has 4 aliphatic rings. The smallest absolute Gasteiger partial charge is 0.325 e. The molecule has 1 amide bonds. The van der Waals surface area contributed by atoms with Crippen LogP contribution in [0.15, 0.2) is 41.3 Å². The number of carbonyl (C=O) groups excluding carboxylic acids is 1. The number of fused-ring (bicyclic) bond motifs is 3. The maximum Gasteiger partial charge on any atom is 0.325 e. The molecular weight excluding hydrogens is 525 g/mol. The molecule has 2 unspecified atom stereocenters. The number of carbonyl (C=O) groups is 1. The molecule has 5 heterocycles. The normalized spacial score (nSPS) is 35.5. The third-order valence-electron chi connectivity index (χ3n) is 5.72. The number of rotatable bonds is 2. The number of aliphatic hydroxyl groups excluding tert-OH is 1. The summed E-state index contributed by atoms with van der Waals surface area (Å²) in [6.07, 6.45) is -2.41. The number of halogens is 1. The van der Waals surface area contributed by atoms with Crippen molar-refractivity contribution in [2.75, 3.05) is 11.9 Å². The summed E-state index contributed by atoms with van der Waals surface area (Å²) in [4.78, 5) is 29.0. The zero-order chi connectivity index (χ0) is 22.2. The zero-order valence-corrected chi connectivity index (χ0v) is 19.5. The number of imidazole rings is 1. The lowest BCUT2D eigenvalue weighted by Gasteiger charge is -2.31. The Balaban J connectivity index is 1.32. The molecule has 2 saturated heterocycles. The molecule has 32 heavy (non-hydrogen) atoms. The summed E-state index contributed by atoms with van der Waals surface area (Å²) in [5, 5.41) is 17.4. The van der Waals surface area contributed by atoms with E-state index in [9.17, 15) is 14.8 Å². The van der Waals surface area contributed by atoms with Crippen molar-refractivity contribution < 1.29 is 28.6 Å². The molecule has 2 fully saturated rings. The molecule has 0 bridgehead atoms. The summed E-state index contributed by atoms with van der Waals surface area (Å²) in [6.45, 7) is -3.43. The van der Waals surface area contributed by atoms with Crippen LogP contribution in [0.2, 0.25) is 0 Å². The first-order valence-electron chi connectivity index (χ1n) is 9.72. The third-order valence-corrected chi connectivity index (χ3v) is 7.84. The van der Waals surface area contributed by atoms with Crippen molar-refractivity contribution in [3.63, 3.8) is 0 Å². The number of nitrogens with one attached hydrogen (secondary N) is 2. The summed E-state index contributed by atoms with van der Waals surface area (Å²) >= 11 is 8.27. The number of aliphatic hydroxyl groups is 1. The van der Waals surface area contributed by atoms with Gasteiger partial charge in [-0.3, -0.25) is 18.8 Å². The van der Waals surface area contributed by atoms with E-state index < -0.39 is 37.5 Å². The van der Waals surface area contributed by atoms with Crippen LogP contribution in [0.25, 0.3) is 5.70 Å². The van der Waals surface area contributed by atoms with Crippen molar-refractivity contribution in [3.05, 3.63) is 52.5 Å². The molecule has 0 spiro atoms. The number of aromatic nitrogens is 2. The second-order valence-corrected chi connectivity index (χ2v) is 11.2. The van der Waals surface area contributed by atoms with Crippen molar-refractivity contribution in [2.24, 2.45) is 0 Å². The Morgan fingerprint density at radius 3 is 2.84 bits per heavy atom. The number of ether oxygens (including phenoxy) is 1. The highest BCUT2D eigenvalue weighted by atomic mass is 79.9. The van der Waals surface area contributed by atoms with Crippen LogP contribution in [-0.4, -0.2) is 61.6 Å². The summed E-state index contributed by atoms with van der Waals surface area (Å²) < 4.78 is 18.4. The Hall–Kier alpha value is -1.83. The minimum atomic E-state index is -3.43. The van der Waals surface area contributed by atoms with Crippen LogP contribution in [0.3, 0.4) is 0 Å². The number of nitrogens with zero attached hydrogens (tertiary/aromatic N) is 3. The fourth-order valence-electron chi connectivity index (χ4n) is 4.25. The largest absolute Gasteiger partial charge is 0.386 e. The van der Waals surface area contributed by atoms with E-state index in [1.807, 2.05) is 30.3 Å². The van der Waals surface area contributed by atoms with Crippen LogP contribution in [0.1, 0.15) is 22.3 Å². The van der Waals surface area contributed by atoms with Gasteiger partial charge in [0.1, 0.15) is 24.1 Å². The standard InChI is InChI=1S/C18H17BrN5O6PS/c19-17-21-11-14(24(17)16-12(25)13-10(29-16)7-28-31(27,32)30-13)22-18-20-9(6-23(18)15(11)26)8-4-2-1-3-5-8/h1-6,10,12-13,16,18,20,22,25H,7H2,(H,27,32)/t10-,12-,13-,16-,18?,31?/m1/s1. The van der Waals surface area contributed by atoms with E-state index in [1.165, 1.54) is 4.90 Å². The van der Waals surface area contributed by atoms with Gasteiger partial charge in [0.05, 0.1) is 12.3 Å². The van der Waals surface area contributed by atoms with E-state index in [2.05, 4.69) is 31.5 Å². The molecule has 0 aliphatic carbocycles. The molecule has 0 radical (unpaired) electrons. The van der Waals surface area contributed by atoms with Gasteiger partial charge < -0.3 is 29.9 Å². The second-order valence-electron chi connectivity index (χ2n) is 7.65. The van der Waals surface area contributed by atoms with Crippen LogP contribution in [-0.2, 0) is 25.6 Å². The zero-order valence-electron chi connectivity index (χ0n) is 16.2. The predicted octanol–water partition coefficient (Wildman–Crippen LogP) is 1.29. The minimum absolute atomic E-state index is 0.00478. The van der Waals surface area contributed by atoms with E-state index in [4.69, 9.17) is 25.6 Å². The van der Waals surface area contributed by atoms with Crippen LogP contribution >= 0.6 is 22.6 Å². The summed E-state index contributed by atoms with van der Waals surface area (Å²) in [5.41, 5.74) is 1.90. The molecule has 6 rings (SSSR count). The monoisotopic (exact) mass is 541 g/mol. The molecule has 4 N–H and O–H groups in total. The Morgan fingerprint density at radius 2 is 2.06 bits per heavy atom. The number of hydrogen-bond donors (Lipinski definition) is 4. The van der Waals surface area contributed by atoms with Gasteiger partial charge in [-0.1, -0.05) is 30.3 Å². The molecule has 0 saturated carbocycles. The SMILES string of the molecule is O=C1c2nc(Br)n([C@@H]3O[C@@H]4COP(O)(=S)O[C@H]4[C@H]3O)c2NC2NC(c3ccccc3)=CN12. The lowest BCUT2D eigenvalue weighted by Crippen LogP contribution is -2.49. The Bertz CT molecular complexity index is 1190. The summed E-state index contributed by atoms with van der Waals surface area (Å²) in [5.74, 6) is 0.0716. The Kier molecular flexibility index (Phi) is 4.76. The molecule has 1 aromatic heterocycles. The maximum absolute atomic E-state index is 13.2.